The molecule has 0 radical (unpaired) electrons. The Bertz CT molecular complexity index is 1160. The average molecular weight is 412 g/mol. The van der Waals surface area contributed by atoms with Crippen LogP contribution in [0.3, 0.4) is 0 Å². The number of anilines is 2. The number of aryl methyl sites for hydroxylation is 1. The van der Waals surface area contributed by atoms with E-state index in [1.54, 1.807) is 6.08 Å². The van der Waals surface area contributed by atoms with Gasteiger partial charge in [0.1, 0.15) is 17.5 Å². The van der Waals surface area contributed by atoms with Crippen LogP contribution in [0.4, 0.5) is 11.5 Å². The molecule has 31 heavy (non-hydrogen) atoms. The maximum absolute atomic E-state index is 12.8. The smallest absolute Gasteiger partial charge is 0.266 e. The lowest BCUT2D eigenvalue weighted by Crippen LogP contribution is -2.37. The molecule has 0 aliphatic carbocycles. The minimum absolute atomic E-state index is 0.0335. The molecule has 1 fully saturated rings. The van der Waals surface area contributed by atoms with Crippen molar-refractivity contribution in [3.8, 4) is 6.07 Å². The molecule has 6 nitrogen and oxygen atoms in total. The van der Waals surface area contributed by atoms with E-state index in [0.29, 0.717) is 32.0 Å². The van der Waals surface area contributed by atoms with E-state index in [1.807, 2.05) is 60.7 Å². The Hall–Kier alpha value is -3.69. The van der Waals surface area contributed by atoms with E-state index in [1.165, 1.54) is 5.56 Å². The second kappa shape index (κ2) is 9.41. The number of morpholine rings is 1. The summed E-state index contributed by atoms with van der Waals surface area (Å²) in [5.41, 5.74) is 3.50. The van der Waals surface area contributed by atoms with E-state index in [0.717, 1.165) is 28.7 Å². The number of para-hydroxylation sites is 1. The van der Waals surface area contributed by atoms with E-state index in [4.69, 9.17) is 9.72 Å². The topological polar surface area (TPSA) is 78.2 Å². The average Bonchev–Trinajstić information content (AvgIpc) is 2.83. The van der Waals surface area contributed by atoms with Gasteiger partial charge in [0.05, 0.1) is 18.7 Å². The van der Waals surface area contributed by atoms with Gasteiger partial charge in [-0.25, -0.2) is 4.98 Å². The highest BCUT2D eigenvalue weighted by molar-refractivity contribution is 6.10. The van der Waals surface area contributed by atoms with Crippen molar-refractivity contribution in [2.45, 2.75) is 13.3 Å². The van der Waals surface area contributed by atoms with Crippen LogP contribution >= 0.6 is 0 Å². The summed E-state index contributed by atoms with van der Waals surface area (Å²) in [4.78, 5) is 19.8. The van der Waals surface area contributed by atoms with Gasteiger partial charge in [-0.15, -0.1) is 0 Å². The van der Waals surface area contributed by atoms with Gasteiger partial charge in [0.2, 0.25) is 0 Å². The molecule has 3 aromatic rings. The molecule has 0 spiro atoms. The highest BCUT2D eigenvalue weighted by atomic mass is 16.5. The zero-order valence-corrected chi connectivity index (χ0v) is 17.5. The SMILES string of the molecule is CCc1ccc(NC(=O)C(C#N)=Cc2cc3ccccc3nc2N2CCOCC2)cc1. The Balaban J connectivity index is 1.69. The van der Waals surface area contributed by atoms with Crippen molar-refractivity contribution in [2.75, 3.05) is 36.5 Å². The number of hydrogen-bond donors (Lipinski definition) is 1. The molecule has 2 aromatic carbocycles. The number of nitrogens with one attached hydrogen (secondary N) is 1. The third-order valence-electron chi connectivity index (χ3n) is 5.33. The molecule has 1 aliphatic heterocycles. The van der Waals surface area contributed by atoms with Crippen molar-refractivity contribution in [1.29, 1.82) is 5.26 Å². The number of pyridine rings is 1. The van der Waals surface area contributed by atoms with Crippen molar-refractivity contribution in [2.24, 2.45) is 0 Å². The maximum atomic E-state index is 12.8. The number of ether oxygens (including phenoxy) is 1. The molecule has 1 aliphatic rings. The number of fused-ring (bicyclic) bond motifs is 1. The van der Waals surface area contributed by atoms with Crippen LogP contribution < -0.4 is 10.2 Å². The largest absolute Gasteiger partial charge is 0.378 e. The van der Waals surface area contributed by atoms with E-state index in [-0.39, 0.29) is 5.57 Å². The van der Waals surface area contributed by atoms with Crippen LogP contribution in [-0.4, -0.2) is 37.2 Å². The van der Waals surface area contributed by atoms with Gasteiger partial charge < -0.3 is 15.0 Å². The molecule has 1 N–H and O–H groups in total. The summed E-state index contributed by atoms with van der Waals surface area (Å²) in [6.45, 7) is 4.75. The molecule has 1 amide bonds. The molecule has 0 unspecified atom stereocenters. The molecule has 1 saturated heterocycles. The number of rotatable bonds is 5. The minimum Gasteiger partial charge on any atom is -0.378 e. The zero-order chi connectivity index (χ0) is 21.6. The fourth-order valence-electron chi connectivity index (χ4n) is 3.58. The summed E-state index contributed by atoms with van der Waals surface area (Å²) >= 11 is 0. The van der Waals surface area contributed by atoms with Crippen LogP contribution in [0.15, 0.2) is 60.2 Å². The van der Waals surface area contributed by atoms with Crippen molar-refractivity contribution < 1.29 is 9.53 Å². The van der Waals surface area contributed by atoms with Gasteiger partial charge in [-0.3, -0.25) is 4.79 Å². The molecule has 0 bridgehead atoms. The molecule has 4 rings (SSSR count). The molecule has 0 atom stereocenters. The molecule has 156 valence electrons. The fraction of sp³-hybridized carbons (Fsp3) is 0.240. The summed E-state index contributed by atoms with van der Waals surface area (Å²) in [5.74, 6) is 0.322. The van der Waals surface area contributed by atoms with E-state index in [2.05, 4.69) is 17.1 Å². The zero-order valence-electron chi connectivity index (χ0n) is 17.5. The summed E-state index contributed by atoms with van der Waals surface area (Å²) in [6.07, 6.45) is 2.55. The maximum Gasteiger partial charge on any atom is 0.266 e. The third kappa shape index (κ3) is 4.73. The standard InChI is InChI=1S/C25H24N4O2/c1-2-18-7-9-22(10-8-18)27-25(30)21(17-26)16-20-15-19-5-3-4-6-23(19)28-24(20)29-11-13-31-14-12-29/h3-10,15-16H,2,11-14H2,1H3,(H,27,30). The van der Waals surface area contributed by atoms with Gasteiger partial charge >= 0.3 is 0 Å². The normalized spacial score (nSPS) is 14.3. The second-order valence-electron chi connectivity index (χ2n) is 7.37. The van der Waals surface area contributed by atoms with Crippen LogP contribution in [0.1, 0.15) is 18.1 Å². The van der Waals surface area contributed by atoms with Crippen molar-refractivity contribution in [3.05, 3.63) is 71.3 Å². The Morgan fingerprint density at radius 1 is 1.19 bits per heavy atom. The van der Waals surface area contributed by atoms with Crippen LogP contribution in [0.25, 0.3) is 17.0 Å². The number of nitriles is 1. The number of carbonyl (C=O) groups excluding carboxylic acids is 1. The lowest BCUT2D eigenvalue weighted by atomic mass is 10.1. The number of amides is 1. The van der Waals surface area contributed by atoms with Gasteiger partial charge in [-0.2, -0.15) is 5.26 Å². The van der Waals surface area contributed by atoms with E-state index < -0.39 is 5.91 Å². The quantitative estimate of drug-likeness (QED) is 0.502. The minimum atomic E-state index is -0.437. The fourth-order valence-corrected chi connectivity index (χ4v) is 3.58. The molecule has 1 aromatic heterocycles. The predicted octanol–water partition coefficient (Wildman–Crippen LogP) is 4.18. The van der Waals surface area contributed by atoms with Crippen molar-refractivity contribution in [1.82, 2.24) is 4.98 Å². The monoisotopic (exact) mass is 412 g/mol. The Morgan fingerprint density at radius 2 is 1.94 bits per heavy atom. The van der Waals surface area contributed by atoms with Crippen molar-refractivity contribution >= 4 is 34.4 Å². The first-order valence-corrected chi connectivity index (χ1v) is 10.4. The van der Waals surface area contributed by atoms with Gasteiger partial charge in [-0.05, 0) is 42.3 Å². The molecule has 6 heteroatoms. The molecular formula is C25H24N4O2. The van der Waals surface area contributed by atoms with Gasteiger partial charge in [0.15, 0.2) is 0 Å². The molecule has 2 heterocycles. The van der Waals surface area contributed by atoms with Crippen molar-refractivity contribution in [3.63, 3.8) is 0 Å². The number of carbonyl (C=O) groups is 1. The van der Waals surface area contributed by atoms with E-state index in [9.17, 15) is 10.1 Å². The van der Waals surface area contributed by atoms with Crippen LogP contribution in [-0.2, 0) is 16.0 Å². The van der Waals surface area contributed by atoms with Gasteiger partial charge in [-0.1, -0.05) is 37.3 Å². The second-order valence-corrected chi connectivity index (χ2v) is 7.37. The summed E-state index contributed by atoms with van der Waals surface area (Å²) < 4.78 is 5.47. The first-order valence-electron chi connectivity index (χ1n) is 10.4. The number of hydrogen-bond acceptors (Lipinski definition) is 5. The summed E-state index contributed by atoms with van der Waals surface area (Å²) in [5, 5.41) is 13.5. The third-order valence-corrected chi connectivity index (χ3v) is 5.33. The van der Waals surface area contributed by atoms with Gasteiger partial charge in [0.25, 0.3) is 5.91 Å². The Morgan fingerprint density at radius 3 is 2.65 bits per heavy atom. The first kappa shape index (κ1) is 20.6. The van der Waals surface area contributed by atoms with Crippen LogP contribution in [0, 0.1) is 11.3 Å². The summed E-state index contributed by atoms with van der Waals surface area (Å²) in [6, 6.07) is 19.5. The first-order chi connectivity index (χ1) is 15.2. The lowest BCUT2D eigenvalue weighted by Gasteiger charge is -2.29. The Kier molecular flexibility index (Phi) is 6.25. The number of aromatic nitrogens is 1. The van der Waals surface area contributed by atoms with Crippen LogP contribution in [0.5, 0.6) is 0 Å². The summed E-state index contributed by atoms with van der Waals surface area (Å²) in [7, 11) is 0. The number of benzene rings is 2. The molecule has 0 saturated carbocycles. The van der Waals surface area contributed by atoms with E-state index >= 15 is 0 Å². The predicted molar refractivity (Wildman–Crippen MR) is 123 cm³/mol. The lowest BCUT2D eigenvalue weighted by molar-refractivity contribution is -0.112. The Labute approximate surface area is 181 Å². The van der Waals surface area contributed by atoms with Crippen LogP contribution in [0.2, 0.25) is 0 Å². The number of nitrogens with zero attached hydrogens (tertiary/aromatic N) is 3. The highest BCUT2D eigenvalue weighted by Crippen LogP contribution is 2.27. The van der Waals surface area contributed by atoms with Gasteiger partial charge in [0, 0.05) is 29.7 Å². The highest BCUT2D eigenvalue weighted by Gasteiger charge is 2.18. The molecular weight excluding hydrogens is 388 g/mol.